The molecule has 0 spiro atoms. The number of fused-ring (bicyclic) bond motifs is 1. The maximum atomic E-state index is 12.5. The normalized spacial score (nSPS) is 21.8. The minimum absolute atomic E-state index is 0.149. The third-order valence-electron chi connectivity index (χ3n) is 6.09. The molecule has 1 N–H and O–H groups in total. The standard InChI is InChI=1S/C21H30N2O5/c1-4-27-20(25)18-13(2)19(22-14(18)3)21(26)28-12-17(24)23-10-9-15-7-5-6-8-16(15)11-23/h15-16,22H,4-12H2,1-3H3/t15-,16+/m0/s1. The molecular formula is C21H30N2O5. The molecule has 1 aromatic heterocycles. The third kappa shape index (κ3) is 4.23. The summed E-state index contributed by atoms with van der Waals surface area (Å²) in [6.07, 6.45) is 6.05. The summed E-state index contributed by atoms with van der Waals surface area (Å²) in [5, 5.41) is 0. The third-order valence-corrected chi connectivity index (χ3v) is 6.09. The summed E-state index contributed by atoms with van der Waals surface area (Å²) >= 11 is 0. The minimum Gasteiger partial charge on any atom is -0.462 e. The van der Waals surface area contributed by atoms with Gasteiger partial charge in [-0.3, -0.25) is 4.79 Å². The van der Waals surface area contributed by atoms with Crippen molar-refractivity contribution in [2.75, 3.05) is 26.3 Å². The Bertz CT molecular complexity index is 754. The Kier molecular flexibility index (Phi) is 6.42. The maximum absolute atomic E-state index is 12.5. The van der Waals surface area contributed by atoms with Crippen LogP contribution in [0, 0.1) is 25.7 Å². The number of nitrogens with zero attached hydrogens (tertiary/aromatic N) is 1. The molecule has 7 heteroatoms. The van der Waals surface area contributed by atoms with Crippen LogP contribution in [0.15, 0.2) is 0 Å². The number of rotatable bonds is 5. The highest BCUT2D eigenvalue weighted by atomic mass is 16.5. The van der Waals surface area contributed by atoms with Crippen LogP contribution in [0.3, 0.4) is 0 Å². The summed E-state index contributed by atoms with van der Waals surface area (Å²) in [7, 11) is 0. The van der Waals surface area contributed by atoms with Crippen molar-refractivity contribution in [3.63, 3.8) is 0 Å². The van der Waals surface area contributed by atoms with E-state index in [4.69, 9.17) is 9.47 Å². The summed E-state index contributed by atoms with van der Waals surface area (Å²) in [4.78, 5) is 41.8. The van der Waals surface area contributed by atoms with Gasteiger partial charge in [-0.15, -0.1) is 0 Å². The van der Waals surface area contributed by atoms with Crippen LogP contribution in [0.1, 0.15) is 71.1 Å². The van der Waals surface area contributed by atoms with Crippen LogP contribution in [-0.4, -0.2) is 54.0 Å². The van der Waals surface area contributed by atoms with Gasteiger partial charge in [-0.25, -0.2) is 9.59 Å². The first-order valence-corrected chi connectivity index (χ1v) is 10.2. The average molecular weight is 390 g/mol. The van der Waals surface area contributed by atoms with Gasteiger partial charge in [0, 0.05) is 18.8 Å². The number of aromatic nitrogens is 1. The maximum Gasteiger partial charge on any atom is 0.355 e. The molecule has 0 radical (unpaired) electrons. The van der Waals surface area contributed by atoms with Gasteiger partial charge in [0.1, 0.15) is 5.69 Å². The summed E-state index contributed by atoms with van der Waals surface area (Å²) in [5.74, 6) is 0.0778. The van der Waals surface area contributed by atoms with Crippen molar-refractivity contribution in [3.05, 3.63) is 22.5 Å². The molecule has 2 atom stereocenters. The van der Waals surface area contributed by atoms with Gasteiger partial charge in [-0.05, 0) is 51.0 Å². The SMILES string of the molecule is CCOC(=O)c1c(C)[nH]c(C(=O)OCC(=O)N2CC[C@@H]3CCCC[C@@H]3C2)c1C. The van der Waals surface area contributed by atoms with Crippen LogP contribution in [0.2, 0.25) is 0 Å². The minimum atomic E-state index is -0.628. The molecule has 1 saturated heterocycles. The number of carbonyl (C=O) groups excluding carboxylic acids is 3. The van der Waals surface area contributed by atoms with E-state index in [2.05, 4.69) is 4.98 Å². The Hall–Kier alpha value is -2.31. The van der Waals surface area contributed by atoms with Crippen molar-refractivity contribution in [2.45, 2.75) is 52.9 Å². The number of amides is 1. The average Bonchev–Trinajstić information content (AvgIpc) is 2.99. The van der Waals surface area contributed by atoms with Gasteiger partial charge in [-0.2, -0.15) is 0 Å². The van der Waals surface area contributed by atoms with E-state index in [1.54, 1.807) is 20.8 Å². The molecular weight excluding hydrogens is 360 g/mol. The van der Waals surface area contributed by atoms with Crippen molar-refractivity contribution >= 4 is 17.8 Å². The molecule has 1 aliphatic heterocycles. The molecule has 0 bridgehead atoms. The number of esters is 2. The zero-order chi connectivity index (χ0) is 20.3. The van der Waals surface area contributed by atoms with E-state index >= 15 is 0 Å². The van der Waals surface area contributed by atoms with Crippen LogP contribution in [0.4, 0.5) is 0 Å². The molecule has 3 rings (SSSR count). The molecule has 1 amide bonds. The van der Waals surface area contributed by atoms with Gasteiger partial charge >= 0.3 is 11.9 Å². The van der Waals surface area contributed by atoms with Crippen molar-refractivity contribution in [2.24, 2.45) is 11.8 Å². The predicted octanol–water partition coefficient (Wildman–Crippen LogP) is 3.00. The van der Waals surface area contributed by atoms with Crippen molar-refractivity contribution < 1.29 is 23.9 Å². The Morgan fingerprint density at radius 3 is 2.46 bits per heavy atom. The van der Waals surface area contributed by atoms with E-state index in [-0.39, 0.29) is 24.8 Å². The van der Waals surface area contributed by atoms with Gasteiger partial charge in [0.25, 0.3) is 5.91 Å². The summed E-state index contributed by atoms with van der Waals surface area (Å²) < 4.78 is 10.3. The summed E-state index contributed by atoms with van der Waals surface area (Å²) in [6.45, 7) is 6.60. The zero-order valence-electron chi connectivity index (χ0n) is 17.0. The first-order valence-electron chi connectivity index (χ1n) is 10.2. The van der Waals surface area contributed by atoms with E-state index in [1.807, 2.05) is 4.90 Å². The zero-order valence-corrected chi connectivity index (χ0v) is 17.0. The number of piperidine rings is 1. The summed E-state index contributed by atoms with van der Waals surface area (Å²) in [6, 6.07) is 0. The largest absolute Gasteiger partial charge is 0.462 e. The van der Waals surface area contributed by atoms with Crippen LogP contribution >= 0.6 is 0 Å². The number of H-pyrrole nitrogens is 1. The molecule has 1 aliphatic carbocycles. The van der Waals surface area contributed by atoms with E-state index in [1.165, 1.54) is 25.7 Å². The highest BCUT2D eigenvalue weighted by Crippen LogP contribution is 2.36. The number of hydrogen-bond donors (Lipinski definition) is 1. The number of likely N-dealkylation sites (tertiary alicyclic amines) is 1. The van der Waals surface area contributed by atoms with Gasteiger partial charge < -0.3 is 19.4 Å². The van der Waals surface area contributed by atoms with Gasteiger partial charge in [0.15, 0.2) is 6.61 Å². The lowest BCUT2D eigenvalue weighted by Gasteiger charge is -2.41. The second-order valence-corrected chi connectivity index (χ2v) is 7.85. The molecule has 1 saturated carbocycles. The van der Waals surface area contributed by atoms with Crippen molar-refractivity contribution in [1.29, 1.82) is 0 Å². The molecule has 7 nitrogen and oxygen atoms in total. The summed E-state index contributed by atoms with van der Waals surface area (Å²) in [5.41, 5.74) is 1.57. The van der Waals surface area contributed by atoms with Gasteiger partial charge in [0.05, 0.1) is 12.2 Å². The Balaban J connectivity index is 1.57. The highest BCUT2D eigenvalue weighted by molar-refractivity contribution is 5.99. The quantitative estimate of drug-likeness (QED) is 0.781. The van der Waals surface area contributed by atoms with Crippen molar-refractivity contribution in [3.8, 4) is 0 Å². The molecule has 2 aliphatic rings. The smallest absolute Gasteiger partial charge is 0.355 e. The van der Waals surface area contributed by atoms with Gasteiger partial charge in [-0.1, -0.05) is 19.3 Å². The Labute approximate surface area is 165 Å². The number of aromatic amines is 1. The fourth-order valence-corrected chi connectivity index (χ4v) is 4.58. The molecule has 154 valence electrons. The monoisotopic (exact) mass is 390 g/mol. The number of aryl methyl sites for hydroxylation is 1. The van der Waals surface area contributed by atoms with Crippen LogP contribution in [0.25, 0.3) is 0 Å². The lowest BCUT2D eigenvalue weighted by atomic mass is 9.75. The number of ether oxygens (including phenoxy) is 2. The van der Waals surface area contributed by atoms with Crippen LogP contribution in [-0.2, 0) is 14.3 Å². The lowest BCUT2D eigenvalue weighted by Crippen LogP contribution is -2.46. The molecule has 0 aromatic carbocycles. The van der Waals surface area contributed by atoms with Gasteiger partial charge in [0.2, 0.25) is 0 Å². The first kappa shape index (κ1) is 20.4. The second-order valence-electron chi connectivity index (χ2n) is 7.85. The van der Waals surface area contributed by atoms with E-state index in [0.29, 0.717) is 22.7 Å². The van der Waals surface area contributed by atoms with Crippen LogP contribution < -0.4 is 0 Å². The highest BCUT2D eigenvalue weighted by Gasteiger charge is 2.33. The number of carbonyl (C=O) groups is 3. The second kappa shape index (κ2) is 8.80. The van der Waals surface area contributed by atoms with E-state index in [0.717, 1.165) is 25.4 Å². The number of nitrogens with one attached hydrogen (secondary N) is 1. The fraction of sp³-hybridized carbons (Fsp3) is 0.667. The predicted molar refractivity (Wildman–Crippen MR) is 103 cm³/mol. The molecule has 0 unspecified atom stereocenters. The number of hydrogen-bond acceptors (Lipinski definition) is 5. The topological polar surface area (TPSA) is 88.7 Å². The molecule has 28 heavy (non-hydrogen) atoms. The van der Waals surface area contributed by atoms with E-state index < -0.39 is 11.9 Å². The first-order chi connectivity index (χ1) is 13.4. The Morgan fingerprint density at radius 2 is 1.75 bits per heavy atom. The molecule has 2 fully saturated rings. The lowest BCUT2D eigenvalue weighted by molar-refractivity contribution is -0.137. The van der Waals surface area contributed by atoms with Crippen molar-refractivity contribution in [1.82, 2.24) is 9.88 Å². The van der Waals surface area contributed by atoms with E-state index in [9.17, 15) is 14.4 Å². The Morgan fingerprint density at radius 1 is 1.04 bits per heavy atom. The fourth-order valence-electron chi connectivity index (χ4n) is 4.58. The van der Waals surface area contributed by atoms with Crippen LogP contribution in [0.5, 0.6) is 0 Å². The molecule has 1 aromatic rings. The molecule has 2 heterocycles.